The number of hydrogen-bond acceptors (Lipinski definition) is 1. The Balaban J connectivity index is 0. The standard InChI is InChI=1S/CH4N2O.La/c2-1(3)4;/h(H4,2,3,4);. The van der Waals surface area contributed by atoms with Crippen LogP contribution in [0.1, 0.15) is 0 Å². The van der Waals surface area contributed by atoms with Crippen LogP contribution in [-0.4, -0.2) is 6.03 Å². The van der Waals surface area contributed by atoms with Crippen LogP contribution in [0.4, 0.5) is 4.79 Å². The fraction of sp³-hybridized carbons (Fsp3) is 0. The average Bonchev–Trinajstić information content (AvgIpc) is 0.811. The van der Waals surface area contributed by atoms with Gasteiger partial charge in [0.2, 0.25) is 0 Å². The monoisotopic (exact) mass is 199 g/mol. The van der Waals surface area contributed by atoms with Crippen molar-refractivity contribution in [2.75, 3.05) is 0 Å². The van der Waals surface area contributed by atoms with Gasteiger partial charge in [0.05, 0.1) is 0 Å². The van der Waals surface area contributed by atoms with Crippen LogP contribution in [0, 0.1) is 35.6 Å². The molecule has 4 N–H and O–H groups in total. The number of urea groups is 1. The summed E-state index contributed by atoms with van der Waals surface area (Å²) in [7, 11) is 0. The van der Waals surface area contributed by atoms with Gasteiger partial charge in [-0.05, 0) is 0 Å². The Morgan fingerprint density at radius 3 is 1.40 bits per heavy atom. The van der Waals surface area contributed by atoms with Crippen LogP contribution in [0.5, 0.6) is 0 Å². The third-order valence-electron chi connectivity index (χ3n) is 0. The molecule has 3 nitrogen and oxygen atoms in total. The first-order valence-corrected chi connectivity index (χ1v) is 0.781. The summed E-state index contributed by atoms with van der Waals surface area (Å²) < 4.78 is 0. The van der Waals surface area contributed by atoms with Gasteiger partial charge in [0.15, 0.2) is 0 Å². The summed E-state index contributed by atoms with van der Waals surface area (Å²) in [4.78, 5) is 9.00. The second kappa shape index (κ2) is 4.46. The first-order chi connectivity index (χ1) is 1.73. The Bertz CT molecular complexity index is 32.6. The number of nitrogens with two attached hydrogens (primary N) is 2. The quantitative estimate of drug-likeness (QED) is 0.517. The molecule has 4 heteroatoms. The van der Waals surface area contributed by atoms with Crippen molar-refractivity contribution in [1.29, 1.82) is 0 Å². The zero-order valence-corrected chi connectivity index (χ0v) is 6.27. The van der Waals surface area contributed by atoms with E-state index in [2.05, 4.69) is 11.5 Å². The molecule has 0 rings (SSSR count). The van der Waals surface area contributed by atoms with Crippen LogP contribution in [0.2, 0.25) is 0 Å². The Labute approximate surface area is 57.7 Å². The van der Waals surface area contributed by atoms with Crippen LogP contribution in [0.15, 0.2) is 0 Å². The largest absolute Gasteiger partial charge is 0.352 e. The van der Waals surface area contributed by atoms with E-state index < -0.39 is 6.03 Å². The van der Waals surface area contributed by atoms with E-state index in [1.165, 1.54) is 0 Å². The topological polar surface area (TPSA) is 69.1 Å². The van der Waals surface area contributed by atoms with Crippen molar-refractivity contribution in [1.82, 2.24) is 0 Å². The third-order valence-corrected chi connectivity index (χ3v) is 0. The zero-order valence-electron chi connectivity index (χ0n) is 2.64. The van der Waals surface area contributed by atoms with Crippen molar-refractivity contribution in [3.63, 3.8) is 0 Å². The van der Waals surface area contributed by atoms with Gasteiger partial charge in [-0.15, -0.1) is 0 Å². The maximum atomic E-state index is 9.00. The Morgan fingerprint density at radius 2 is 1.40 bits per heavy atom. The van der Waals surface area contributed by atoms with Crippen molar-refractivity contribution in [3.8, 4) is 0 Å². The van der Waals surface area contributed by atoms with Crippen molar-refractivity contribution >= 4 is 6.03 Å². The average molecular weight is 199 g/mol. The number of amides is 2. The van der Waals surface area contributed by atoms with Gasteiger partial charge in [-0.2, -0.15) is 0 Å². The van der Waals surface area contributed by atoms with Crippen molar-refractivity contribution < 1.29 is 40.4 Å². The van der Waals surface area contributed by atoms with Gasteiger partial charge in [0.1, 0.15) is 0 Å². The molecule has 0 saturated heterocycles. The third kappa shape index (κ3) is 126. The number of carbonyl (C=O) groups excluding carboxylic acids is 1. The molecule has 0 aliphatic rings. The maximum absolute atomic E-state index is 9.00. The molecule has 0 heterocycles. The first kappa shape index (κ1) is 9.07. The van der Waals surface area contributed by atoms with Crippen LogP contribution >= 0.6 is 0 Å². The smallest absolute Gasteiger partial charge is 0.309 e. The molecule has 0 unspecified atom stereocenters. The van der Waals surface area contributed by atoms with Gasteiger partial charge in [0, 0.05) is 35.6 Å². The second-order valence-corrected chi connectivity index (χ2v) is 0.402. The molecule has 0 bridgehead atoms. The first-order valence-electron chi connectivity index (χ1n) is 0.781. The molecule has 0 aromatic carbocycles. The number of rotatable bonds is 0. The summed E-state index contributed by atoms with van der Waals surface area (Å²) >= 11 is 0. The van der Waals surface area contributed by atoms with E-state index in [0.717, 1.165) is 0 Å². The molecule has 2 amide bonds. The van der Waals surface area contributed by atoms with Gasteiger partial charge < -0.3 is 11.5 Å². The van der Waals surface area contributed by atoms with Crippen molar-refractivity contribution in [3.05, 3.63) is 0 Å². The Kier molecular flexibility index (Phi) is 8.10. The molecule has 0 fully saturated rings. The fourth-order valence-electron chi connectivity index (χ4n) is 0. The van der Waals surface area contributed by atoms with E-state index in [1.807, 2.05) is 0 Å². The van der Waals surface area contributed by atoms with Crippen LogP contribution < -0.4 is 11.5 Å². The summed E-state index contributed by atoms with van der Waals surface area (Å²) in [5, 5.41) is 0. The van der Waals surface area contributed by atoms with E-state index in [-0.39, 0.29) is 35.6 Å². The summed E-state index contributed by atoms with van der Waals surface area (Å²) in [6, 6.07) is -0.833. The van der Waals surface area contributed by atoms with Gasteiger partial charge in [-0.3, -0.25) is 0 Å². The predicted octanol–water partition coefficient (Wildman–Crippen LogP) is -0.976. The van der Waals surface area contributed by atoms with Crippen molar-refractivity contribution in [2.45, 2.75) is 0 Å². The van der Waals surface area contributed by atoms with E-state index in [0.29, 0.717) is 0 Å². The maximum Gasteiger partial charge on any atom is 0.309 e. The predicted molar refractivity (Wildman–Crippen MR) is 13.8 cm³/mol. The van der Waals surface area contributed by atoms with E-state index in [1.54, 1.807) is 0 Å². The molecule has 0 aromatic rings. The van der Waals surface area contributed by atoms with Crippen LogP contribution in [0.3, 0.4) is 0 Å². The Morgan fingerprint density at radius 1 is 1.40 bits per heavy atom. The molecule has 0 aromatic heterocycles. The van der Waals surface area contributed by atoms with E-state index >= 15 is 0 Å². The van der Waals surface area contributed by atoms with E-state index in [4.69, 9.17) is 4.79 Å². The van der Waals surface area contributed by atoms with Gasteiger partial charge >= 0.3 is 6.03 Å². The zero-order chi connectivity index (χ0) is 3.58. The SMILES string of the molecule is NC(N)=O.[La]. The molecule has 0 atom stereocenters. The van der Waals surface area contributed by atoms with E-state index in [9.17, 15) is 0 Å². The second-order valence-electron chi connectivity index (χ2n) is 0.402. The number of hydrogen-bond donors (Lipinski definition) is 2. The molecule has 0 aliphatic carbocycles. The fourth-order valence-corrected chi connectivity index (χ4v) is 0. The molecular weight excluding hydrogens is 195 g/mol. The normalized spacial score (nSPS) is 4.80. The van der Waals surface area contributed by atoms with Gasteiger partial charge in [-0.1, -0.05) is 0 Å². The van der Waals surface area contributed by atoms with Crippen LogP contribution in [0.25, 0.3) is 0 Å². The summed E-state index contributed by atoms with van der Waals surface area (Å²) in [6.07, 6.45) is 0. The minimum Gasteiger partial charge on any atom is -0.352 e. The summed E-state index contributed by atoms with van der Waals surface area (Å²) in [5.74, 6) is 0. The minimum absolute atomic E-state index is 0. The molecule has 0 aliphatic heterocycles. The molecule has 0 saturated carbocycles. The molecule has 5 heavy (non-hydrogen) atoms. The number of carbonyl (C=O) groups is 1. The Hall–Kier alpha value is 0.465. The van der Waals surface area contributed by atoms with Crippen molar-refractivity contribution in [2.24, 2.45) is 11.5 Å². The number of primary amides is 2. The summed E-state index contributed by atoms with van der Waals surface area (Å²) in [6.45, 7) is 0. The van der Waals surface area contributed by atoms with Gasteiger partial charge in [-0.25, -0.2) is 4.79 Å². The molecular formula is CH4LaN2O. The van der Waals surface area contributed by atoms with Crippen LogP contribution in [-0.2, 0) is 0 Å². The minimum atomic E-state index is -0.833. The molecule has 27 valence electrons. The summed E-state index contributed by atoms with van der Waals surface area (Å²) in [5.41, 5.74) is 8.50. The molecule has 0 spiro atoms. The molecule has 1 radical (unpaired) electrons. The van der Waals surface area contributed by atoms with Gasteiger partial charge in [0.25, 0.3) is 0 Å².